The van der Waals surface area contributed by atoms with Crippen LogP contribution in [-0.4, -0.2) is 0 Å². The zero-order valence-electron chi connectivity index (χ0n) is 60.5. The molecule has 0 aliphatic carbocycles. The monoisotopic (exact) mass is 1360 g/mol. The van der Waals surface area contributed by atoms with Gasteiger partial charge in [0, 0.05) is 0 Å². The van der Waals surface area contributed by atoms with Crippen LogP contribution in [0.3, 0.4) is 0 Å². The minimum atomic E-state index is 0.0591. The quantitative estimate of drug-likeness (QED) is 0.146. The first kappa shape index (κ1) is 64.6. The van der Waals surface area contributed by atoms with E-state index < -0.39 is 0 Å². The number of hydrogen-bond donors (Lipinski definition) is 0. The third kappa shape index (κ3) is 11.8. The molecule has 0 aliphatic rings. The van der Waals surface area contributed by atoms with Crippen molar-refractivity contribution in [2.75, 3.05) is 0 Å². The second kappa shape index (κ2) is 26.8. The molecule has 21 rings (SSSR count). The first-order valence-corrected chi connectivity index (χ1v) is 37.4. The number of rotatable bonds is 6. The van der Waals surface area contributed by atoms with Crippen molar-refractivity contribution in [1.82, 2.24) is 0 Å². The largest absolute Gasteiger partial charge is 0.0616 e. The molecule has 0 N–H and O–H groups in total. The van der Waals surface area contributed by atoms with Crippen LogP contribution in [0.2, 0.25) is 0 Å². The van der Waals surface area contributed by atoms with Crippen molar-refractivity contribution in [2.24, 2.45) is 0 Å². The summed E-state index contributed by atoms with van der Waals surface area (Å²) in [6.07, 6.45) is 0. The summed E-state index contributed by atoms with van der Waals surface area (Å²) in [7, 11) is 0. The Morgan fingerprint density at radius 2 is 0.336 bits per heavy atom. The molecule has 0 unspecified atom stereocenters. The Bertz CT molecular complexity index is 6930. The van der Waals surface area contributed by atoms with Gasteiger partial charge in [-0.2, -0.15) is 0 Å². The van der Waals surface area contributed by atoms with E-state index in [9.17, 15) is 0 Å². The highest BCUT2D eigenvalue weighted by Crippen LogP contribution is 2.49. The molecule has 21 aromatic rings. The standard InChI is InChI=1S/C38H30.C35H24.C34H22/c1-38(2,3)31-20-21-34-35(24-31)37(30-19-17-26-11-5-7-13-28(26)23-30)33-15-9-8-14-32(33)36(34)29-18-16-25-10-4-6-12-27(25)22-29;1-23-14-19-32-33(20-23)35(29-18-16-25-9-3-5-11-27(25)22-29)31-13-7-6-12-30(31)34(32)28-17-15-24-8-2-4-10-26(24)21-28;1-3-11-25-21-27(19-17-23(25)9-1)33-29-13-5-7-15-31(29)34(32-16-8-6-14-30(32)33)28-20-18-24-10-2-4-12-26(24)22-28/h4-24H,1-3H3;2-22H,1H3;1-22H. The van der Waals surface area contributed by atoms with Crippen LogP contribution in [0, 0.1) is 6.92 Å². The van der Waals surface area contributed by atoms with E-state index in [-0.39, 0.29) is 5.41 Å². The van der Waals surface area contributed by atoms with Crippen LogP contribution in [0.15, 0.2) is 388 Å². The number of benzene rings is 21. The predicted octanol–water partition coefficient (Wildman–Crippen LogP) is 30.5. The van der Waals surface area contributed by atoms with Crippen LogP contribution in [0.5, 0.6) is 0 Å². The van der Waals surface area contributed by atoms with E-state index in [0.717, 1.165) is 0 Å². The summed E-state index contributed by atoms with van der Waals surface area (Å²) in [5.74, 6) is 0. The highest BCUT2D eigenvalue weighted by molar-refractivity contribution is 6.25. The molecule has 0 nitrogen and oxygen atoms in total. The van der Waals surface area contributed by atoms with E-state index in [1.165, 1.54) is 207 Å². The van der Waals surface area contributed by atoms with Crippen LogP contribution in [0.1, 0.15) is 31.9 Å². The summed E-state index contributed by atoms with van der Waals surface area (Å²) in [5, 5.41) is 30.8. The maximum absolute atomic E-state index is 2.44. The lowest BCUT2D eigenvalue weighted by Crippen LogP contribution is -2.10. The third-order valence-corrected chi connectivity index (χ3v) is 22.2. The van der Waals surface area contributed by atoms with Crippen LogP contribution in [-0.2, 0) is 5.41 Å². The zero-order valence-corrected chi connectivity index (χ0v) is 60.5. The average Bonchev–Trinajstić information content (AvgIpc) is 0.736. The Morgan fingerprint density at radius 3 is 0.570 bits per heavy atom. The molecule has 0 bridgehead atoms. The van der Waals surface area contributed by atoms with Gasteiger partial charge in [-0.3, -0.25) is 0 Å². The first-order valence-electron chi connectivity index (χ1n) is 37.4. The minimum Gasteiger partial charge on any atom is -0.0616 e. The van der Waals surface area contributed by atoms with Crippen molar-refractivity contribution in [3.63, 3.8) is 0 Å². The molecular formula is C107H76. The first-order chi connectivity index (χ1) is 52.6. The zero-order chi connectivity index (χ0) is 71.7. The van der Waals surface area contributed by atoms with Crippen molar-refractivity contribution in [1.29, 1.82) is 0 Å². The van der Waals surface area contributed by atoms with Gasteiger partial charge in [-0.25, -0.2) is 0 Å². The molecule has 0 radical (unpaired) electrons. The van der Waals surface area contributed by atoms with Gasteiger partial charge in [-0.1, -0.05) is 372 Å². The van der Waals surface area contributed by atoms with Crippen molar-refractivity contribution < 1.29 is 0 Å². The molecule has 0 aromatic heterocycles. The predicted molar refractivity (Wildman–Crippen MR) is 465 cm³/mol. The lowest BCUT2D eigenvalue weighted by molar-refractivity contribution is 0.591. The summed E-state index contributed by atoms with van der Waals surface area (Å²) in [6, 6.07) is 143. The van der Waals surface area contributed by atoms with E-state index in [1.807, 2.05) is 0 Å². The second-order valence-electron chi connectivity index (χ2n) is 29.9. The summed E-state index contributed by atoms with van der Waals surface area (Å²) in [5.41, 5.74) is 18.1. The number of fused-ring (bicyclic) bond motifs is 12. The van der Waals surface area contributed by atoms with Gasteiger partial charge in [0.15, 0.2) is 0 Å². The van der Waals surface area contributed by atoms with E-state index in [1.54, 1.807) is 0 Å². The lowest BCUT2D eigenvalue weighted by Gasteiger charge is -2.23. The van der Waals surface area contributed by atoms with Gasteiger partial charge >= 0.3 is 0 Å². The number of aryl methyl sites for hydroxylation is 1. The van der Waals surface area contributed by atoms with Crippen LogP contribution >= 0.6 is 0 Å². The van der Waals surface area contributed by atoms with Gasteiger partial charge < -0.3 is 0 Å². The summed E-state index contributed by atoms with van der Waals surface area (Å²) in [6.45, 7) is 9.09. The molecule has 0 amide bonds. The van der Waals surface area contributed by atoms with E-state index in [0.29, 0.717) is 0 Å². The second-order valence-corrected chi connectivity index (χ2v) is 29.9. The van der Waals surface area contributed by atoms with Gasteiger partial charge in [0.05, 0.1) is 0 Å². The Balaban J connectivity index is 0.000000110. The Hall–Kier alpha value is -13.3. The Kier molecular flexibility index (Phi) is 16.2. The maximum atomic E-state index is 2.44. The molecule has 0 aliphatic heterocycles. The molecule has 0 heteroatoms. The fourth-order valence-corrected chi connectivity index (χ4v) is 17.0. The van der Waals surface area contributed by atoms with Crippen LogP contribution in [0.4, 0.5) is 0 Å². The molecule has 0 spiro atoms. The molecule has 504 valence electrons. The molecule has 21 aromatic carbocycles. The smallest absolute Gasteiger partial charge is 0.00260 e. The molecule has 0 heterocycles. The van der Waals surface area contributed by atoms with E-state index >= 15 is 0 Å². The Morgan fingerprint density at radius 1 is 0.150 bits per heavy atom. The fourth-order valence-electron chi connectivity index (χ4n) is 17.0. The van der Waals surface area contributed by atoms with E-state index in [2.05, 4.69) is 416 Å². The highest BCUT2D eigenvalue weighted by atomic mass is 14.3. The van der Waals surface area contributed by atoms with Gasteiger partial charge in [0.1, 0.15) is 0 Å². The third-order valence-electron chi connectivity index (χ3n) is 22.2. The van der Waals surface area contributed by atoms with Crippen LogP contribution in [0.25, 0.3) is 196 Å². The summed E-state index contributed by atoms with van der Waals surface area (Å²) >= 11 is 0. The molecule has 0 saturated heterocycles. The molecule has 0 fully saturated rings. The SMILES string of the molecule is CC(C)(C)c1ccc2c(-c3ccc4ccccc4c3)c3ccccc3c(-c3ccc4ccccc4c3)c2c1.Cc1ccc2c(-c3ccc4ccccc4c3)c3ccccc3c(-c3ccc4ccccc4c3)c2c1.c1ccc2cc(-c3c4ccccc4c(-c4ccc5ccccc5c4)c4ccccc34)ccc2c1. The van der Waals surface area contributed by atoms with Gasteiger partial charge in [0.2, 0.25) is 0 Å². The molecule has 107 heavy (non-hydrogen) atoms. The van der Waals surface area contributed by atoms with Gasteiger partial charge in [-0.15, -0.1) is 0 Å². The van der Waals surface area contributed by atoms with Crippen LogP contribution < -0.4 is 0 Å². The summed E-state index contributed by atoms with van der Waals surface area (Å²) in [4.78, 5) is 0. The van der Waals surface area contributed by atoms with Crippen molar-refractivity contribution in [3.8, 4) is 66.8 Å². The minimum absolute atomic E-state index is 0.0591. The number of hydrogen-bond acceptors (Lipinski definition) is 0. The van der Waals surface area contributed by atoms with E-state index in [4.69, 9.17) is 0 Å². The van der Waals surface area contributed by atoms with Crippen molar-refractivity contribution >= 4 is 129 Å². The molecular weight excluding hydrogens is 1290 g/mol. The van der Waals surface area contributed by atoms with Crippen molar-refractivity contribution in [3.05, 3.63) is 399 Å². The Labute approximate surface area is 624 Å². The summed E-state index contributed by atoms with van der Waals surface area (Å²) < 4.78 is 0. The highest BCUT2D eigenvalue weighted by Gasteiger charge is 2.23. The molecule has 0 saturated carbocycles. The topological polar surface area (TPSA) is 0 Å². The molecule has 0 atom stereocenters. The average molecular weight is 1360 g/mol. The normalized spacial score (nSPS) is 11.7. The lowest BCUT2D eigenvalue weighted by atomic mass is 9.81. The van der Waals surface area contributed by atoms with Gasteiger partial charge in [0.25, 0.3) is 0 Å². The fraction of sp³-hybridized carbons (Fsp3) is 0.0467. The maximum Gasteiger partial charge on any atom is -0.00260 e. The van der Waals surface area contributed by atoms with Crippen molar-refractivity contribution in [2.45, 2.75) is 33.1 Å². The van der Waals surface area contributed by atoms with Gasteiger partial charge in [-0.05, 0) is 256 Å².